The minimum absolute atomic E-state index is 0.101. The van der Waals surface area contributed by atoms with Crippen molar-refractivity contribution in [2.45, 2.75) is 226 Å². The van der Waals surface area contributed by atoms with Gasteiger partial charge < -0.3 is 14.2 Å². The summed E-state index contributed by atoms with van der Waals surface area (Å²) in [5.41, 5.74) is 0. The molecule has 0 aromatic rings. The average molecular weight is 913 g/mol. The molecule has 1 atom stereocenters. The quantitative estimate of drug-likeness (QED) is 0.0262. The van der Waals surface area contributed by atoms with E-state index in [-0.39, 0.29) is 31.1 Å². The number of rotatable bonds is 46. The maximum atomic E-state index is 12.8. The van der Waals surface area contributed by atoms with E-state index in [0.717, 1.165) is 167 Å². The van der Waals surface area contributed by atoms with E-state index < -0.39 is 6.10 Å². The monoisotopic (exact) mass is 913 g/mol. The fourth-order valence-corrected chi connectivity index (χ4v) is 6.75. The van der Waals surface area contributed by atoms with Crippen LogP contribution in [-0.4, -0.2) is 37.2 Å². The Bertz CT molecular complexity index is 1420. The molecule has 1 unspecified atom stereocenters. The maximum Gasteiger partial charge on any atom is 0.306 e. The minimum Gasteiger partial charge on any atom is -0.462 e. The van der Waals surface area contributed by atoms with Gasteiger partial charge in [0.15, 0.2) is 6.10 Å². The maximum absolute atomic E-state index is 12.8. The molecule has 0 aliphatic heterocycles. The zero-order chi connectivity index (χ0) is 47.9. The topological polar surface area (TPSA) is 78.9 Å². The second kappa shape index (κ2) is 53.4. The first-order chi connectivity index (χ1) is 32.5. The standard InChI is InChI=1S/C60H96O6/c1-4-7-10-13-16-19-22-24-26-27-28-29-30-31-32-33-35-36-38-41-44-47-50-53-59(62)65-56-57(55-64-58(61)52-49-46-43-40-21-18-15-12-9-6-3)66-60(63)54-51-48-45-42-39-37-34-25-23-20-17-14-11-8-5-2/h7-8,10-12,15-17,19-20,24-26,28-29,31-32,34-36,57H,4-6,9,13-14,18,21-23,27,30,33,37-56H2,1-3H3/b10-7-,11-8-,15-12-,19-16-,20-17-,26-24-,29-28-,32-31-,34-25-,36-35-. The van der Waals surface area contributed by atoms with Crippen molar-refractivity contribution in [2.24, 2.45) is 0 Å². The highest BCUT2D eigenvalue weighted by atomic mass is 16.6. The summed E-state index contributed by atoms with van der Waals surface area (Å²) in [7, 11) is 0. The van der Waals surface area contributed by atoms with Crippen LogP contribution >= 0.6 is 0 Å². The third kappa shape index (κ3) is 50.8. The van der Waals surface area contributed by atoms with E-state index in [1.54, 1.807) is 0 Å². The van der Waals surface area contributed by atoms with Gasteiger partial charge in [-0.1, -0.05) is 200 Å². The van der Waals surface area contributed by atoms with E-state index >= 15 is 0 Å². The van der Waals surface area contributed by atoms with Crippen LogP contribution in [0.4, 0.5) is 0 Å². The van der Waals surface area contributed by atoms with Crippen LogP contribution in [0.25, 0.3) is 0 Å². The molecule has 372 valence electrons. The summed E-state index contributed by atoms with van der Waals surface area (Å²) < 4.78 is 16.7. The van der Waals surface area contributed by atoms with Gasteiger partial charge in [0.1, 0.15) is 13.2 Å². The van der Waals surface area contributed by atoms with Gasteiger partial charge in [0.25, 0.3) is 0 Å². The van der Waals surface area contributed by atoms with Crippen LogP contribution in [0.1, 0.15) is 220 Å². The van der Waals surface area contributed by atoms with Crippen molar-refractivity contribution in [3.63, 3.8) is 0 Å². The largest absolute Gasteiger partial charge is 0.462 e. The number of ether oxygens (including phenoxy) is 3. The normalized spacial score (nSPS) is 13.1. The van der Waals surface area contributed by atoms with Crippen molar-refractivity contribution in [1.29, 1.82) is 0 Å². The number of allylic oxidation sites excluding steroid dienone is 20. The van der Waals surface area contributed by atoms with E-state index in [4.69, 9.17) is 14.2 Å². The Morgan fingerprint density at radius 3 is 0.939 bits per heavy atom. The van der Waals surface area contributed by atoms with Crippen LogP contribution in [0.5, 0.6) is 0 Å². The van der Waals surface area contributed by atoms with Crippen LogP contribution in [0.15, 0.2) is 122 Å². The highest BCUT2D eigenvalue weighted by Crippen LogP contribution is 2.13. The molecule has 66 heavy (non-hydrogen) atoms. The number of carbonyl (C=O) groups excluding carboxylic acids is 3. The third-order valence-corrected chi connectivity index (χ3v) is 10.7. The molecular weight excluding hydrogens is 817 g/mol. The molecule has 0 aliphatic rings. The van der Waals surface area contributed by atoms with Crippen molar-refractivity contribution in [3.05, 3.63) is 122 Å². The number of unbranched alkanes of at least 4 members (excludes halogenated alkanes) is 15. The summed E-state index contributed by atoms with van der Waals surface area (Å²) >= 11 is 0. The van der Waals surface area contributed by atoms with Crippen molar-refractivity contribution in [3.8, 4) is 0 Å². The van der Waals surface area contributed by atoms with Crippen molar-refractivity contribution in [2.75, 3.05) is 13.2 Å². The Balaban J connectivity index is 4.42. The summed E-state index contributed by atoms with van der Waals surface area (Å²) in [6, 6.07) is 0. The Kier molecular flexibility index (Phi) is 50.0. The van der Waals surface area contributed by atoms with Crippen LogP contribution in [0.3, 0.4) is 0 Å². The molecular formula is C60H96O6. The first-order valence-corrected chi connectivity index (χ1v) is 26.5. The second-order valence-electron chi connectivity index (χ2n) is 17.0. The summed E-state index contributed by atoms with van der Waals surface area (Å²) in [5, 5.41) is 0. The molecule has 0 aromatic heterocycles. The molecule has 0 saturated carbocycles. The van der Waals surface area contributed by atoms with Crippen LogP contribution < -0.4 is 0 Å². The van der Waals surface area contributed by atoms with Gasteiger partial charge in [-0.05, 0) is 122 Å². The Morgan fingerprint density at radius 2 is 0.591 bits per heavy atom. The summed E-state index contributed by atoms with van der Waals surface area (Å²) in [5.74, 6) is -0.962. The minimum atomic E-state index is -0.804. The SMILES string of the molecule is CC/C=C\C/C=C\C/C=C\C/C=C\C/C=C\C/C=C\CCCCCCC(=O)OCC(COC(=O)CCCCCCC/C=C\CCC)OC(=O)CCCCCCC/C=C\C/C=C\C/C=C\CC. The molecule has 6 nitrogen and oxygen atoms in total. The number of hydrogen-bond donors (Lipinski definition) is 0. The molecule has 0 heterocycles. The highest BCUT2D eigenvalue weighted by molar-refractivity contribution is 5.71. The molecule has 0 rings (SSSR count). The first kappa shape index (κ1) is 61.8. The van der Waals surface area contributed by atoms with E-state index in [1.807, 2.05) is 0 Å². The number of esters is 3. The first-order valence-electron chi connectivity index (χ1n) is 26.5. The second-order valence-corrected chi connectivity index (χ2v) is 17.0. The lowest BCUT2D eigenvalue weighted by atomic mass is 10.1. The molecule has 0 N–H and O–H groups in total. The molecule has 6 heteroatoms. The lowest BCUT2D eigenvalue weighted by Gasteiger charge is -2.18. The van der Waals surface area contributed by atoms with Crippen molar-refractivity contribution < 1.29 is 28.6 Å². The average Bonchev–Trinajstić information content (AvgIpc) is 3.31. The van der Waals surface area contributed by atoms with Gasteiger partial charge in [0.05, 0.1) is 0 Å². The predicted octanol–water partition coefficient (Wildman–Crippen LogP) is 17.7. The van der Waals surface area contributed by atoms with E-state index in [1.165, 1.54) is 12.8 Å². The fourth-order valence-electron chi connectivity index (χ4n) is 6.75. The molecule has 0 saturated heterocycles. The molecule has 0 aromatic carbocycles. The van der Waals surface area contributed by atoms with Crippen molar-refractivity contribution in [1.82, 2.24) is 0 Å². The fraction of sp³-hybridized carbons (Fsp3) is 0.617. The smallest absolute Gasteiger partial charge is 0.306 e. The van der Waals surface area contributed by atoms with Crippen LogP contribution in [0, 0.1) is 0 Å². The Hall–Kier alpha value is -4.19. The third-order valence-electron chi connectivity index (χ3n) is 10.7. The van der Waals surface area contributed by atoms with E-state index in [0.29, 0.717) is 19.3 Å². The van der Waals surface area contributed by atoms with E-state index in [9.17, 15) is 14.4 Å². The lowest BCUT2D eigenvalue weighted by Crippen LogP contribution is -2.30. The molecule has 0 spiro atoms. The predicted molar refractivity (Wildman–Crippen MR) is 283 cm³/mol. The molecule has 0 radical (unpaired) electrons. The van der Waals surface area contributed by atoms with Gasteiger partial charge in [-0.25, -0.2) is 0 Å². The molecule has 0 fully saturated rings. The Morgan fingerprint density at radius 1 is 0.318 bits per heavy atom. The summed E-state index contributed by atoms with van der Waals surface area (Å²) in [6.07, 6.45) is 73.3. The number of hydrogen-bond acceptors (Lipinski definition) is 6. The van der Waals surface area contributed by atoms with Gasteiger partial charge in [-0.2, -0.15) is 0 Å². The van der Waals surface area contributed by atoms with Crippen molar-refractivity contribution >= 4 is 17.9 Å². The zero-order valence-corrected chi connectivity index (χ0v) is 42.4. The summed E-state index contributed by atoms with van der Waals surface area (Å²) in [6.45, 7) is 6.29. The lowest BCUT2D eigenvalue weighted by molar-refractivity contribution is -0.167. The van der Waals surface area contributed by atoms with Crippen LogP contribution in [0.2, 0.25) is 0 Å². The van der Waals surface area contributed by atoms with Gasteiger partial charge in [0.2, 0.25) is 0 Å². The van der Waals surface area contributed by atoms with Gasteiger partial charge >= 0.3 is 17.9 Å². The number of carbonyl (C=O) groups is 3. The molecule has 0 aliphatic carbocycles. The zero-order valence-electron chi connectivity index (χ0n) is 42.4. The van der Waals surface area contributed by atoms with Gasteiger partial charge in [0, 0.05) is 19.3 Å². The van der Waals surface area contributed by atoms with Gasteiger partial charge in [-0.3, -0.25) is 14.4 Å². The summed E-state index contributed by atoms with van der Waals surface area (Å²) in [4.78, 5) is 38.0. The molecule has 0 amide bonds. The highest BCUT2D eigenvalue weighted by Gasteiger charge is 2.19. The molecule has 0 bridgehead atoms. The van der Waals surface area contributed by atoms with Crippen LogP contribution in [-0.2, 0) is 28.6 Å². The Labute approximate surface area is 405 Å². The van der Waals surface area contributed by atoms with E-state index in [2.05, 4.69) is 142 Å². The van der Waals surface area contributed by atoms with Gasteiger partial charge in [-0.15, -0.1) is 0 Å².